The number of hydrogen-bond donors (Lipinski definition) is 2. The number of carboxylic acids is 1. The molecule has 0 saturated heterocycles. The molecule has 3 N–H and O–H groups in total. The molecule has 0 aliphatic heterocycles. The smallest absolute Gasteiger partial charge is 0.348 e. The average molecular weight is 226 g/mol. The molecule has 0 aliphatic rings. The van der Waals surface area contributed by atoms with Gasteiger partial charge in [-0.2, -0.15) is 0 Å². The van der Waals surface area contributed by atoms with Crippen LogP contribution in [-0.2, 0) is 0 Å². The number of carbonyl (C=O) groups is 1. The van der Waals surface area contributed by atoms with Crippen molar-refractivity contribution in [3.8, 4) is 10.6 Å². The third kappa shape index (κ3) is 1.49. The Morgan fingerprint density at radius 3 is 2.93 bits per heavy atom. The highest BCUT2D eigenvalue weighted by Gasteiger charge is 2.17. The zero-order chi connectivity index (χ0) is 10.1. The van der Waals surface area contributed by atoms with Crippen molar-refractivity contribution in [2.45, 2.75) is 0 Å². The number of aromatic nitrogens is 1. The fourth-order valence-corrected chi connectivity index (χ4v) is 2.53. The lowest BCUT2D eigenvalue weighted by Crippen LogP contribution is -1.94. The summed E-state index contributed by atoms with van der Waals surface area (Å²) in [4.78, 5) is 15.9. The molecular weight excluding hydrogens is 220 g/mol. The Balaban J connectivity index is 2.58. The second-order valence-electron chi connectivity index (χ2n) is 2.51. The first-order valence-electron chi connectivity index (χ1n) is 3.72. The molecule has 0 amide bonds. The maximum absolute atomic E-state index is 10.8. The highest BCUT2D eigenvalue weighted by Crippen LogP contribution is 2.32. The molecule has 0 saturated carbocycles. The summed E-state index contributed by atoms with van der Waals surface area (Å²) in [6.45, 7) is 0. The van der Waals surface area contributed by atoms with Gasteiger partial charge in [-0.05, 0) is 11.4 Å². The van der Waals surface area contributed by atoms with E-state index in [0.717, 1.165) is 16.2 Å². The summed E-state index contributed by atoms with van der Waals surface area (Å²) >= 11 is 2.44. The molecule has 2 heterocycles. The number of aromatic carboxylic acids is 1. The van der Waals surface area contributed by atoms with E-state index in [2.05, 4.69) is 4.98 Å². The summed E-state index contributed by atoms with van der Waals surface area (Å²) in [5, 5.41) is 11.1. The van der Waals surface area contributed by atoms with Crippen molar-refractivity contribution in [1.82, 2.24) is 4.98 Å². The van der Waals surface area contributed by atoms with Gasteiger partial charge in [0.05, 0.1) is 4.88 Å². The highest BCUT2D eigenvalue weighted by atomic mass is 32.1. The largest absolute Gasteiger partial charge is 0.477 e. The van der Waals surface area contributed by atoms with Crippen LogP contribution < -0.4 is 5.73 Å². The topological polar surface area (TPSA) is 76.2 Å². The van der Waals surface area contributed by atoms with Crippen LogP contribution in [0.25, 0.3) is 10.6 Å². The number of thiophene rings is 1. The molecule has 4 nitrogen and oxygen atoms in total. The van der Waals surface area contributed by atoms with Crippen molar-refractivity contribution in [2.75, 3.05) is 5.73 Å². The molecule has 0 spiro atoms. The summed E-state index contributed by atoms with van der Waals surface area (Å²) in [6.07, 6.45) is 0. The molecule has 0 bridgehead atoms. The number of carboxylic acid groups (broad SMARTS) is 1. The van der Waals surface area contributed by atoms with Crippen LogP contribution in [0.5, 0.6) is 0 Å². The van der Waals surface area contributed by atoms with Crippen LogP contribution in [0.15, 0.2) is 17.5 Å². The van der Waals surface area contributed by atoms with Gasteiger partial charge in [-0.25, -0.2) is 9.78 Å². The first-order valence-corrected chi connectivity index (χ1v) is 5.41. The van der Waals surface area contributed by atoms with Crippen molar-refractivity contribution in [3.63, 3.8) is 0 Å². The third-order valence-electron chi connectivity index (χ3n) is 1.59. The van der Waals surface area contributed by atoms with E-state index in [1.807, 2.05) is 17.5 Å². The van der Waals surface area contributed by atoms with Crippen LogP contribution in [-0.4, -0.2) is 16.1 Å². The molecule has 0 aromatic carbocycles. The zero-order valence-corrected chi connectivity index (χ0v) is 8.56. The minimum Gasteiger partial charge on any atom is -0.477 e. The van der Waals surface area contributed by atoms with Crippen molar-refractivity contribution < 1.29 is 9.90 Å². The maximum Gasteiger partial charge on any atom is 0.348 e. The van der Waals surface area contributed by atoms with E-state index < -0.39 is 5.97 Å². The summed E-state index contributed by atoms with van der Waals surface area (Å²) in [5.74, 6) is -0.984. The Kier molecular flexibility index (Phi) is 2.22. The predicted octanol–water partition coefficient (Wildman–Crippen LogP) is 2.15. The normalized spacial score (nSPS) is 10.3. The van der Waals surface area contributed by atoms with Gasteiger partial charge in [0.25, 0.3) is 0 Å². The summed E-state index contributed by atoms with van der Waals surface area (Å²) in [5.41, 5.74) is 5.94. The van der Waals surface area contributed by atoms with Crippen LogP contribution in [0.4, 0.5) is 5.13 Å². The van der Waals surface area contributed by atoms with Crippen molar-refractivity contribution in [1.29, 1.82) is 0 Å². The van der Waals surface area contributed by atoms with E-state index in [-0.39, 0.29) is 10.0 Å². The number of thiazole rings is 1. The van der Waals surface area contributed by atoms with E-state index >= 15 is 0 Å². The van der Waals surface area contributed by atoms with Gasteiger partial charge in [-0.15, -0.1) is 11.3 Å². The summed E-state index contributed by atoms with van der Waals surface area (Å²) in [6, 6.07) is 3.67. The number of nitrogens with zero attached hydrogens (tertiary/aromatic N) is 1. The lowest BCUT2D eigenvalue weighted by Gasteiger charge is -1.92. The Morgan fingerprint density at radius 2 is 2.36 bits per heavy atom. The molecule has 2 rings (SSSR count). The second-order valence-corrected chi connectivity index (χ2v) is 4.49. The van der Waals surface area contributed by atoms with Gasteiger partial charge in [0.15, 0.2) is 5.13 Å². The summed E-state index contributed by atoms with van der Waals surface area (Å²) < 4.78 is 0. The first kappa shape index (κ1) is 9.17. The Bertz CT molecular complexity index is 462. The quantitative estimate of drug-likeness (QED) is 0.822. The molecule has 14 heavy (non-hydrogen) atoms. The van der Waals surface area contributed by atoms with Crippen LogP contribution in [0.3, 0.4) is 0 Å². The second kappa shape index (κ2) is 3.39. The van der Waals surface area contributed by atoms with E-state index in [4.69, 9.17) is 10.8 Å². The fraction of sp³-hybridized carbons (Fsp3) is 0. The van der Waals surface area contributed by atoms with Gasteiger partial charge in [0.2, 0.25) is 0 Å². The molecule has 0 atom stereocenters. The number of anilines is 1. The number of nitrogen functional groups attached to an aromatic ring is 1. The standard InChI is InChI=1S/C8H6N2O2S2/c9-8-10-5(4-2-1-3-13-4)6(14-8)7(11)12/h1-3H,(H2,9,10)(H,11,12). The zero-order valence-electron chi connectivity index (χ0n) is 6.93. The molecule has 2 aromatic rings. The number of hydrogen-bond acceptors (Lipinski definition) is 5. The molecule has 0 radical (unpaired) electrons. The fourth-order valence-electron chi connectivity index (χ4n) is 1.06. The minimum atomic E-state index is -0.984. The first-order chi connectivity index (χ1) is 6.68. The van der Waals surface area contributed by atoms with Crippen molar-refractivity contribution >= 4 is 33.8 Å². The summed E-state index contributed by atoms with van der Waals surface area (Å²) in [7, 11) is 0. The minimum absolute atomic E-state index is 0.199. The predicted molar refractivity (Wildman–Crippen MR) is 56.8 cm³/mol. The number of nitrogens with two attached hydrogens (primary N) is 1. The monoisotopic (exact) mass is 226 g/mol. The van der Waals surface area contributed by atoms with Crippen molar-refractivity contribution in [2.24, 2.45) is 0 Å². The van der Waals surface area contributed by atoms with Crippen LogP contribution >= 0.6 is 22.7 Å². The van der Waals surface area contributed by atoms with E-state index in [1.54, 1.807) is 0 Å². The molecule has 72 valence electrons. The van der Waals surface area contributed by atoms with Gasteiger partial charge in [-0.1, -0.05) is 17.4 Å². The molecule has 6 heteroatoms. The Morgan fingerprint density at radius 1 is 1.57 bits per heavy atom. The van der Waals surface area contributed by atoms with Gasteiger partial charge < -0.3 is 10.8 Å². The maximum atomic E-state index is 10.8. The van der Waals surface area contributed by atoms with E-state index in [9.17, 15) is 4.79 Å². The molecule has 0 fully saturated rings. The molecular formula is C8H6N2O2S2. The van der Waals surface area contributed by atoms with Crippen molar-refractivity contribution in [3.05, 3.63) is 22.4 Å². The lowest BCUT2D eigenvalue weighted by atomic mass is 10.3. The van der Waals surface area contributed by atoms with Gasteiger partial charge >= 0.3 is 5.97 Å². The SMILES string of the molecule is Nc1nc(-c2cccs2)c(C(=O)O)s1. The van der Waals surface area contributed by atoms with Crippen LogP contribution in [0, 0.1) is 0 Å². The Labute approximate surface area is 87.6 Å². The van der Waals surface area contributed by atoms with E-state index in [0.29, 0.717) is 5.69 Å². The van der Waals surface area contributed by atoms with Gasteiger partial charge in [-0.3, -0.25) is 0 Å². The van der Waals surface area contributed by atoms with E-state index in [1.165, 1.54) is 11.3 Å². The highest BCUT2D eigenvalue weighted by molar-refractivity contribution is 7.18. The van der Waals surface area contributed by atoms with Crippen LogP contribution in [0.2, 0.25) is 0 Å². The Hall–Kier alpha value is -1.40. The van der Waals surface area contributed by atoms with Gasteiger partial charge in [0.1, 0.15) is 10.6 Å². The van der Waals surface area contributed by atoms with Gasteiger partial charge in [0, 0.05) is 0 Å². The lowest BCUT2D eigenvalue weighted by molar-refractivity contribution is 0.0703. The third-order valence-corrected chi connectivity index (χ3v) is 3.34. The van der Waals surface area contributed by atoms with Crippen LogP contribution in [0.1, 0.15) is 9.67 Å². The molecule has 0 aliphatic carbocycles. The molecule has 0 unspecified atom stereocenters. The number of rotatable bonds is 2. The molecule has 2 aromatic heterocycles. The average Bonchev–Trinajstić information content (AvgIpc) is 2.70.